The van der Waals surface area contributed by atoms with Crippen molar-refractivity contribution >= 4 is 5.97 Å². The highest BCUT2D eigenvalue weighted by Gasteiger charge is 2.17. The zero-order valence-corrected chi connectivity index (χ0v) is 4.80. The molecule has 0 spiro atoms. The van der Waals surface area contributed by atoms with Gasteiger partial charge in [0.15, 0.2) is 0 Å². The Hall–Kier alpha value is -0.710. The van der Waals surface area contributed by atoms with Crippen LogP contribution in [-0.4, -0.2) is 18.6 Å². The van der Waals surface area contributed by atoms with E-state index in [1.54, 1.807) is 0 Å². The van der Waals surface area contributed by atoms with E-state index in [0.717, 1.165) is 6.92 Å². The van der Waals surface area contributed by atoms with E-state index >= 15 is 0 Å². The molecule has 0 radical (unpaired) electrons. The van der Waals surface area contributed by atoms with Crippen molar-refractivity contribution in [2.45, 2.75) is 19.6 Å². The van der Waals surface area contributed by atoms with Crippen molar-refractivity contribution in [3.8, 4) is 0 Å². The zero-order valence-electron chi connectivity index (χ0n) is 4.80. The van der Waals surface area contributed by atoms with Gasteiger partial charge in [0.05, 0.1) is 0 Å². The summed E-state index contributed by atoms with van der Waals surface area (Å²) in [5, 5.41) is 0. The highest BCUT2D eigenvalue weighted by Crippen LogP contribution is 1.98. The molecule has 3 nitrogen and oxygen atoms in total. The van der Waals surface area contributed by atoms with E-state index in [9.17, 15) is 13.6 Å². The molecule has 0 rings (SSSR count). The van der Waals surface area contributed by atoms with E-state index in [4.69, 9.17) is 0 Å². The van der Waals surface area contributed by atoms with Gasteiger partial charge in [-0.25, -0.2) is 8.78 Å². The van der Waals surface area contributed by atoms with Crippen LogP contribution >= 0.6 is 0 Å². The molecule has 0 aliphatic carbocycles. The van der Waals surface area contributed by atoms with Crippen LogP contribution in [0.5, 0.6) is 0 Å². The van der Waals surface area contributed by atoms with Crippen LogP contribution in [0.3, 0.4) is 0 Å². The second-order valence-corrected chi connectivity index (χ2v) is 1.41. The third-order valence-electron chi connectivity index (χ3n) is 0.550. The minimum Gasteiger partial charge on any atom is -0.441 e. The number of hydrogen-bond donors (Lipinski definition) is 1. The highest BCUT2D eigenvalue weighted by atomic mass is 19.3. The summed E-state index contributed by atoms with van der Waals surface area (Å²) < 4.78 is 26.7. The lowest BCUT2D eigenvalue weighted by molar-refractivity contribution is -0.153. The van der Waals surface area contributed by atoms with Gasteiger partial charge in [0.25, 0.3) is 6.43 Å². The number of esters is 1. The fourth-order valence-electron chi connectivity index (χ4n) is 0.243. The first-order valence-electron chi connectivity index (χ1n) is 2.25. The Morgan fingerprint density at radius 3 is 2.22 bits per heavy atom. The van der Waals surface area contributed by atoms with Gasteiger partial charge in [0.2, 0.25) is 6.23 Å². The Morgan fingerprint density at radius 2 is 2.11 bits per heavy atom. The topological polar surface area (TPSA) is 52.3 Å². The Kier molecular flexibility index (Phi) is 3.08. The molecule has 1 unspecified atom stereocenters. The van der Waals surface area contributed by atoms with Gasteiger partial charge in [-0.2, -0.15) is 0 Å². The number of carbonyl (C=O) groups is 1. The average molecular weight is 139 g/mol. The van der Waals surface area contributed by atoms with E-state index in [-0.39, 0.29) is 0 Å². The van der Waals surface area contributed by atoms with E-state index < -0.39 is 18.6 Å². The number of hydrogen-bond acceptors (Lipinski definition) is 3. The molecule has 0 saturated heterocycles. The van der Waals surface area contributed by atoms with Crippen LogP contribution in [0.25, 0.3) is 0 Å². The van der Waals surface area contributed by atoms with Crippen LogP contribution in [0, 0.1) is 0 Å². The molecule has 2 N–H and O–H groups in total. The predicted octanol–water partition coefficient (Wildman–Crippen LogP) is 0.0994. The van der Waals surface area contributed by atoms with Crippen LogP contribution in [0.1, 0.15) is 6.92 Å². The number of carbonyl (C=O) groups excluding carboxylic acids is 1. The summed E-state index contributed by atoms with van der Waals surface area (Å²) in [6.45, 7) is 1.02. The van der Waals surface area contributed by atoms with Crippen molar-refractivity contribution in [1.29, 1.82) is 0 Å². The van der Waals surface area contributed by atoms with Crippen LogP contribution in [-0.2, 0) is 9.53 Å². The lowest BCUT2D eigenvalue weighted by atomic mass is 10.6. The smallest absolute Gasteiger partial charge is 0.304 e. The van der Waals surface area contributed by atoms with E-state index in [2.05, 4.69) is 10.5 Å². The number of alkyl halides is 2. The molecule has 0 bridgehead atoms. The van der Waals surface area contributed by atoms with Gasteiger partial charge in [0, 0.05) is 6.92 Å². The molecule has 0 fully saturated rings. The molecule has 0 amide bonds. The fourth-order valence-corrected chi connectivity index (χ4v) is 0.243. The van der Waals surface area contributed by atoms with Crippen molar-refractivity contribution in [3.63, 3.8) is 0 Å². The lowest BCUT2D eigenvalue weighted by Gasteiger charge is -2.08. The zero-order chi connectivity index (χ0) is 7.44. The first kappa shape index (κ1) is 8.29. The van der Waals surface area contributed by atoms with Crippen LogP contribution in [0.2, 0.25) is 0 Å². The van der Waals surface area contributed by atoms with Crippen molar-refractivity contribution in [2.24, 2.45) is 5.73 Å². The normalized spacial score (nSPS) is 13.4. The van der Waals surface area contributed by atoms with Crippen molar-refractivity contribution < 1.29 is 18.3 Å². The third kappa shape index (κ3) is 3.84. The molecular weight excluding hydrogens is 132 g/mol. The molecule has 0 aromatic rings. The Labute approximate surface area is 50.8 Å². The molecule has 9 heavy (non-hydrogen) atoms. The van der Waals surface area contributed by atoms with E-state index in [0.29, 0.717) is 0 Å². The van der Waals surface area contributed by atoms with Crippen LogP contribution in [0.4, 0.5) is 8.78 Å². The highest BCUT2D eigenvalue weighted by molar-refractivity contribution is 5.66. The van der Waals surface area contributed by atoms with Gasteiger partial charge in [-0.3, -0.25) is 10.5 Å². The first-order valence-corrected chi connectivity index (χ1v) is 2.25. The molecule has 1 atom stereocenters. The fraction of sp³-hybridized carbons (Fsp3) is 0.750. The van der Waals surface area contributed by atoms with Crippen LogP contribution < -0.4 is 5.73 Å². The maximum atomic E-state index is 11.4. The second-order valence-electron chi connectivity index (χ2n) is 1.41. The molecule has 54 valence electrons. The number of rotatable bonds is 2. The Morgan fingerprint density at radius 1 is 1.67 bits per heavy atom. The maximum absolute atomic E-state index is 11.4. The SMILES string of the molecule is CC(=O)OC(N)C(F)F. The molecule has 0 aliphatic rings. The van der Waals surface area contributed by atoms with Gasteiger partial charge < -0.3 is 4.74 Å². The largest absolute Gasteiger partial charge is 0.441 e. The molecule has 0 saturated carbocycles. The molecule has 0 heterocycles. The minimum atomic E-state index is -2.81. The summed E-state index contributed by atoms with van der Waals surface area (Å²) in [5.74, 6) is -0.803. The van der Waals surface area contributed by atoms with Gasteiger partial charge in [-0.05, 0) is 0 Å². The summed E-state index contributed by atoms with van der Waals surface area (Å²) in [4.78, 5) is 9.92. The van der Waals surface area contributed by atoms with E-state index in [1.165, 1.54) is 0 Å². The monoisotopic (exact) mass is 139 g/mol. The Bertz CT molecular complexity index is 107. The number of halogens is 2. The summed E-state index contributed by atoms with van der Waals surface area (Å²) in [6.07, 6.45) is -4.60. The number of ether oxygens (including phenoxy) is 1. The molecule has 0 aliphatic heterocycles. The van der Waals surface area contributed by atoms with E-state index in [1.807, 2.05) is 0 Å². The van der Waals surface area contributed by atoms with Gasteiger partial charge >= 0.3 is 5.97 Å². The van der Waals surface area contributed by atoms with Gasteiger partial charge in [-0.1, -0.05) is 0 Å². The van der Waals surface area contributed by atoms with Crippen LogP contribution in [0.15, 0.2) is 0 Å². The maximum Gasteiger partial charge on any atom is 0.304 e. The third-order valence-corrected chi connectivity index (χ3v) is 0.550. The van der Waals surface area contributed by atoms with Crippen molar-refractivity contribution in [3.05, 3.63) is 0 Å². The summed E-state index contributed by atoms with van der Waals surface area (Å²) in [7, 11) is 0. The lowest BCUT2D eigenvalue weighted by Crippen LogP contribution is -2.33. The van der Waals surface area contributed by atoms with Crippen molar-refractivity contribution in [1.82, 2.24) is 0 Å². The minimum absolute atomic E-state index is 0.803. The molecular formula is C4H7F2NO2. The standard InChI is InChI=1S/C4H7F2NO2/c1-2(8)9-4(7)3(5)6/h3-4H,7H2,1H3. The molecule has 5 heteroatoms. The van der Waals surface area contributed by atoms with Crippen molar-refractivity contribution in [2.75, 3.05) is 0 Å². The predicted molar refractivity (Wildman–Crippen MR) is 25.7 cm³/mol. The number of nitrogens with two attached hydrogens (primary N) is 1. The summed E-state index contributed by atoms with van der Waals surface area (Å²) >= 11 is 0. The Balaban J connectivity index is 3.50. The average Bonchev–Trinajstić information content (AvgIpc) is 1.63. The quantitative estimate of drug-likeness (QED) is 0.436. The second kappa shape index (κ2) is 3.34. The first-order chi connectivity index (χ1) is 4.04. The van der Waals surface area contributed by atoms with Gasteiger partial charge in [0.1, 0.15) is 0 Å². The molecule has 0 aromatic carbocycles. The summed E-state index contributed by atoms with van der Waals surface area (Å²) in [6, 6.07) is 0. The summed E-state index contributed by atoms with van der Waals surface area (Å²) in [5.41, 5.74) is 4.62. The molecule has 0 aromatic heterocycles. The van der Waals surface area contributed by atoms with Gasteiger partial charge in [-0.15, -0.1) is 0 Å².